The van der Waals surface area contributed by atoms with E-state index >= 15 is 0 Å². The molecule has 1 aromatic carbocycles. The maximum atomic E-state index is 13.1. The van der Waals surface area contributed by atoms with E-state index in [1.165, 1.54) is 16.4 Å². The Kier molecular flexibility index (Phi) is 6.64. The van der Waals surface area contributed by atoms with E-state index in [9.17, 15) is 17.6 Å². The molecule has 0 bridgehead atoms. The van der Waals surface area contributed by atoms with Gasteiger partial charge in [-0.25, -0.2) is 12.8 Å². The molecule has 2 heterocycles. The van der Waals surface area contributed by atoms with Crippen LogP contribution >= 0.6 is 11.3 Å². The van der Waals surface area contributed by atoms with Crippen molar-refractivity contribution in [3.8, 4) is 0 Å². The van der Waals surface area contributed by atoms with Crippen LogP contribution in [0.25, 0.3) is 0 Å². The molecular weight excluding hydrogens is 399 g/mol. The highest BCUT2D eigenvalue weighted by atomic mass is 32.2. The van der Waals surface area contributed by atoms with E-state index in [1.807, 2.05) is 17.5 Å². The Morgan fingerprint density at radius 3 is 2.50 bits per heavy atom. The minimum absolute atomic E-state index is 0.0344. The summed E-state index contributed by atoms with van der Waals surface area (Å²) >= 11 is 1.60. The smallest absolute Gasteiger partial charge is 0.243 e. The zero-order valence-electron chi connectivity index (χ0n) is 15.5. The first kappa shape index (κ1) is 20.7. The lowest BCUT2D eigenvalue weighted by Gasteiger charge is -2.33. The molecule has 28 heavy (non-hydrogen) atoms. The highest BCUT2D eigenvalue weighted by Gasteiger charge is 2.33. The minimum Gasteiger partial charge on any atom is -0.334 e. The number of thiophene rings is 1. The number of rotatable bonds is 7. The Labute approximate surface area is 169 Å². The number of carbonyl (C=O) groups is 1. The minimum atomic E-state index is -3.67. The van der Waals surface area contributed by atoms with Crippen molar-refractivity contribution in [2.45, 2.75) is 24.3 Å². The van der Waals surface area contributed by atoms with Gasteiger partial charge in [0, 0.05) is 30.4 Å². The first-order valence-corrected chi connectivity index (χ1v) is 11.4. The molecule has 0 saturated carbocycles. The molecule has 1 aliphatic rings. The topological polar surface area (TPSA) is 57.7 Å². The second kappa shape index (κ2) is 8.98. The van der Waals surface area contributed by atoms with Crippen LogP contribution in [0.5, 0.6) is 0 Å². The van der Waals surface area contributed by atoms with Gasteiger partial charge in [0.1, 0.15) is 5.82 Å². The fourth-order valence-electron chi connectivity index (χ4n) is 3.34. The number of carbonyl (C=O) groups excluding carboxylic acids is 1. The van der Waals surface area contributed by atoms with Crippen molar-refractivity contribution in [1.82, 2.24) is 9.21 Å². The summed E-state index contributed by atoms with van der Waals surface area (Å²) in [5.41, 5.74) is 0. The van der Waals surface area contributed by atoms with Gasteiger partial charge in [0.15, 0.2) is 0 Å². The first-order chi connectivity index (χ1) is 13.4. The van der Waals surface area contributed by atoms with Gasteiger partial charge in [-0.2, -0.15) is 4.31 Å². The van der Waals surface area contributed by atoms with Crippen molar-refractivity contribution in [2.24, 2.45) is 5.92 Å². The van der Waals surface area contributed by atoms with Gasteiger partial charge in [-0.1, -0.05) is 12.1 Å². The van der Waals surface area contributed by atoms with Gasteiger partial charge >= 0.3 is 0 Å². The van der Waals surface area contributed by atoms with Crippen LogP contribution in [0.3, 0.4) is 0 Å². The molecule has 0 unspecified atom stereocenters. The number of piperidine rings is 1. The third-order valence-corrected chi connectivity index (χ3v) is 7.62. The summed E-state index contributed by atoms with van der Waals surface area (Å²) in [4.78, 5) is 15.9. The van der Waals surface area contributed by atoms with Crippen molar-refractivity contribution >= 4 is 27.3 Å². The molecule has 0 spiro atoms. The molecule has 3 rings (SSSR count). The summed E-state index contributed by atoms with van der Waals surface area (Å²) in [5, 5.41) is 1.98. The quantitative estimate of drug-likeness (QED) is 0.642. The van der Waals surface area contributed by atoms with E-state index in [1.54, 1.807) is 22.3 Å². The molecule has 1 fully saturated rings. The number of hydrogen-bond acceptors (Lipinski definition) is 4. The van der Waals surface area contributed by atoms with E-state index in [2.05, 4.69) is 6.58 Å². The first-order valence-electron chi connectivity index (χ1n) is 9.09. The van der Waals surface area contributed by atoms with E-state index in [0.29, 0.717) is 25.9 Å². The summed E-state index contributed by atoms with van der Waals surface area (Å²) < 4.78 is 39.9. The number of hydrogen-bond donors (Lipinski definition) is 0. The van der Waals surface area contributed by atoms with Gasteiger partial charge in [-0.3, -0.25) is 4.79 Å². The number of amides is 1. The van der Waals surface area contributed by atoms with Crippen LogP contribution in [-0.2, 0) is 21.4 Å². The van der Waals surface area contributed by atoms with Gasteiger partial charge < -0.3 is 4.90 Å². The lowest BCUT2D eigenvalue weighted by molar-refractivity contribution is -0.136. The average molecular weight is 423 g/mol. The molecule has 1 saturated heterocycles. The van der Waals surface area contributed by atoms with Crippen LogP contribution in [0.15, 0.2) is 59.3 Å². The summed E-state index contributed by atoms with van der Waals surface area (Å²) in [6.07, 6.45) is 2.65. The van der Waals surface area contributed by atoms with E-state index in [-0.39, 0.29) is 29.8 Å². The fourth-order valence-corrected chi connectivity index (χ4v) is 5.53. The maximum Gasteiger partial charge on any atom is 0.243 e. The summed E-state index contributed by atoms with van der Waals surface area (Å²) in [7, 11) is -3.67. The van der Waals surface area contributed by atoms with Crippen molar-refractivity contribution < 1.29 is 17.6 Å². The number of sulfonamides is 1. The van der Waals surface area contributed by atoms with Crippen LogP contribution in [0.2, 0.25) is 0 Å². The highest BCUT2D eigenvalue weighted by molar-refractivity contribution is 7.89. The summed E-state index contributed by atoms with van der Waals surface area (Å²) in [6.45, 7) is 5.29. The largest absolute Gasteiger partial charge is 0.334 e. The molecule has 0 atom stereocenters. The number of benzene rings is 1. The number of nitrogens with zero attached hydrogens (tertiary/aromatic N) is 2. The van der Waals surface area contributed by atoms with Crippen molar-refractivity contribution in [1.29, 1.82) is 0 Å². The van der Waals surface area contributed by atoms with Crippen LogP contribution in [0, 0.1) is 11.7 Å². The van der Waals surface area contributed by atoms with Gasteiger partial charge in [-0.15, -0.1) is 17.9 Å². The molecule has 0 aliphatic carbocycles. The van der Waals surface area contributed by atoms with Crippen molar-refractivity contribution in [3.63, 3.8) is 0 Å². The highest BCUT2D eigenvalue weighted by Crippen LogP contribution is 2.26. The molecule has 2 aromatic rings. The molecular formula is C20H23FN2O3S2. The maximum absolute atomic E-state index is 13.1. The zero-order valence-corrected chi connectivity index (χ0v) is 17.1. The third kappa shape index (κ3) is 4.68. The molecule has 1 aliphatic heterocycles. The van der Waals surface area contributed by atoms with Gasteiger partial charge in [0.25, 0.3) is 0 Å². The average Bonchev–Trinajstić information content (AvgIpc) is 3.21. The van der Waals surface area contributed by atoms with Gasteiger partial charge in [0.05, 0.1) is 11.4 Å². The van der Waals surface area contributed by atoms with Crippen LogP contribution < -0.4 is 0 Å². The van der Waals surface area contributed by atoms with Gasteiger partial charge in [-0.05, 0) is 48.6 Å². The predicted octanol–water partition coefficient (Wildman–Crippen LogP) is 3.50. The predicted molar refractivity (Wildman–Crippen MR) is 108 cm³/mol. The molecule has 150 valence electrons. The molecule has 1 amide bonds. The second-order valence-corrected chi connectivity index (χ2v) is 9.69. The Morgan fingerprint density at radius 1 is 1.25 bits per heavy atom. The van der Waals surface area contributed by atoms with E-state index in [0.717, 1.165) is 17.0 Å². The molecule has 8 heteroatoms. The SMILES string of the molecule is C=CCN(Cc1cccs1)C(=O)C1CCN(S(=O)(=O)c2ccc(F)cc2)CC1. The Bertz CT molecular complexity index is 903. The van der Waals surface area contributed by atoms with Crippen molar-refractivity contribution in [2.75, 3.05) is 19.6 Å². The van der Waals surface area contributed by atoms with E-state index < -0.39 is 15.8 Å². The zero-order chi connectivity index (χ0) is 20.1. The second-order valence-electron chi connectivity index (χ2n) is 6.72. The Morgan fingerprint density at radius 2 is 1.93 bits per heavy atom. The molecule has 0 radical (unpaired) electrons. The fraction of sp³-hybridized carbons (Fsp3) is 0.350. The van der Waals surface area contributed by atoms with Crippen LogP contribution in [-0.4, -0.2) is 43.2 Å². The molecule has 5 nitrogen and oxygen atoms in total. The van der Waals surface area contributed by atoms with Crippen LogP contribution in [0.1, 0.15) is 17.7 Å². The standard InChI is InChI=1S/C20H23FN2O3S2/c1-2-11-22(15-18-4-3-14-27-18)20(24)16-9-12-23(13-10-16)28(25,26)19-7-5-17(21)6-8-19/h2-8,14,16H,1,9-13,15H2. The normalized spacial score (nSPS) is 16.0. The lowest BCUT2D eigenvalue weighted by Crippen LogP contribution is -2.44. The monoisotopic (exact) mass is 422 g/mol. The van der Waals surface area contributed by atoms with E-state index in [4.69, 9.17) is 0 Å². The van der Waals surface area contributed by atoms with Crippen molar-refractivity contribution in [3.05, 3.63) is 65.1 Å². The summed E-state index contributed by atoms with van der Waals surface area (Å²) in [6, 6.07) is 8.77. The number of halogens is 1. The third-order valence-electron chi connectivity index (χ3n) is 4.84. The van der Waals surface area contributed by atoms with Gasteiger partial charge in [0.2, 0.25) is 15.9 Å². The molecule has 0 N–H and O–H groups in total. The molecule has 1 aromatic heterocycles. The Hall–Kier alpha value is -2.03. The Balaban J connectivity index is 1.64. The summed E-state index contributed by atoms with van der Waals surface area (Å²) in [5.74, 6) is -0.650. The van der Waals surface area contributed by atoms with Crippen LogP contribution in [0.4, 0.5) is 4.39 Å². The lowest BCUT2D eigenvalue weighted by atomic mass is 9.96.